The number of ether oxygens (including phenoxy) is 1. The molecule has 5 nitrogen and oxygen atoms in total. The maximum Gasteiger partial charge on any atom is 0.254 e. The summed E-state index contributed by atoms with van der Waals surface area (Å²) in [7, 11) is 0. The average molecular weight is 407 g/mol. The Kier molecular flexibility index (Phi) is 6.83. The molecule has 2 aromatic carbocycles. The van der Waals surface area contributed by atoms with Crippen LogP contribution in [-0.2, 0) is 16.1 Å². The van der Waals surface area contributed by atoms with Crippen LogP contribution < -0.4 is 5.32 Å². The fraction of sp³-hybridized carbons (Fsp3) is 0.174. The molecule has 30 heavy (non-hydrogen) atoms. The van der Waals surface area contributed by atoms with Crippen LogP contribution in [0.3, 0.4) is 0 Å². The first-order chi connectivity index (χ1) is 14.5. The highest BCUT2D eigenvalue weighted by Gasteiger charge is 2.28. The number of nitriles is 1. The van der Waals surface area contributed by atoms with E-state index in [0.717, 1.165) is 5.56 Å². The molecule has 1 aromatic heterocycles. The zero-order valence-corrected chi connectivity index (χ0v) is 16.2. The molecule has 1 heterocycles. The van der Waals surface area contributed by atoms with Crippen molar-refractivity contribution in [3.63, 3.8) is 0 Å². The smallest absolute Gasteiger partial charge is 0.254 e. The van der Waals surface area contributed by atoms with Crippen molar-refractivity contribution in [3.8, 4) is 17.2 Å². The van der Waals surface area contributed by atoms with E-state index in [1.165, 1.54) is 24.5 Å². The highest BCUT2D eigenvalue weighted by Crippen LogP contribution is 2.29. The third kappa shape index (κ3) is 4.85. The Morgan fingerprint density at radius 3 is 2.30 bits per heavy atom. The molecule has 152 valence electrons. The monoisotopic (exact) mass is 407 g/mol. The van der Waals surface area contributed by atoms with E-state index in [0.29, 0.717) is 16.7 Å². The van der Waals surface area contributed by atoms with Crippen LogP contribution >= 0.6 is 0 Å². The van der Waals surface area contributed by atoms with Crippen LogP contribution in [0.2, 0.25) is 0 Å². The van der Waals surface area contributed by atoms with Crippen molar-refractivity contribution in [2.75, 3.05) is 6.61 Å². The van der Waals surface area contributed by atoms with Gasteiger partial charge in [0.2, 0.25) is 0 Å². The molecule has 0 saturated heterocycles. The number of nitrogens with zero attached hydrogens (tertiary/aromatic N) is 2. The Hall–Kier alpha value is -3.63. The van der Waals surface area contributed by atoms with Crippen molar-refractivity contribution in [2.45, 2.75) is 19.6 Å². The predicted molar refractivity (Wildman–Crippen MR) is 107 cm³/mol. The molecule has 1 unspecified atom stereocenters. The maximum absolute atomic E-state index is 14.8. The number of pyridine rings is 1. The van der Waals surface area contributed by atoms with Gasteiger partial charge in [-0.15, -0.1) is 0 Å². The minimum absolute atomic E-state index is 0.0972. The lowest BCUT2D eigenvalue weighted by Gasteiger charge is -2.19. The van der Waals surface area contributed by atoms with Gasteiger partial charge in [-0.25, -0.2) is 8.78 Å². The van der Waals surface area contributed by atoms with Gasteiger partial charge in [-0.3, -0.25) is 9.78 Å². The van der Waals surface area contributed by atoms with Gasteiger partial charge in [0.15, 0.2) is 6.10 Å². The molecular weight excluding hydrogens is 388 g/mol. The van der Waals surface area contributed by atoms with Crippen molar-refractivity contribution in [2.24, 2.45) is 0 Å². The lowest BCUT2D eigenvalue weighted by atomic mass is 10.0. The van der Waals surface area contributed by atoms with Gasteiger partial charge in [-0.2, -0.15) is 5.26 Å². The second-order valence-electron chi connectivity index (χ2n) is 6.45. The lowest BCUT2D eigenvalue weighted by molar-refractivity contribution is -0.133. The largest absolute Gasteiger partial charge is 0.364 e. The average Bonchev–Trinajstić information content (AvgIpc) is 2.77. The van der Waals surface area contributed by atoms with Crippen molar-refractivity contribution in [1.82, 2.24) is 10.3 Å². The normalized spacial score (nSPS) is 11.5. The summed E-state index contributed by atoms with van der Waals surface area (Å²) in [6.07, 6.45) is 1.62. The molecule has 1 atom stereocenters. The molecule has 3 rings (SSSR count). The van der Waals surface area contributed by atoms with Gasteiger partial charge in [0.1, 0.15) is 11.6 Å². The third-order valence-corrected chi connectivity index (χ3v) is 4.48. The van der Waals surface area contributed by atoms with E-state index in [-0.39, 0.29) is 13.2 Å². The van der Waals surface area contributed by atoms with Crippen molar-refractivity contribution in [3.05, 3.63) is 89.2 Å². The first-order valence-corrected chi connectivity index (χ1v) is 9.31. The first kappa shape index (κ1) is 21.1. The number of aromatic nitrogens is 1. The molecule has 0 bridgehead atoms. The summed E-state index contributed by atoms with van der Waals surface area (Å²) in [4.78, 5) is 16.5. The van der Waals surface area contributed by atoms with Crippen molar-refractivity contribution < 1.29 is 18.3 Å². The van der Waals surface area contributed by atoms with Crippen LogP contribution in [0.5, 0.6) is 0 Å². The van der Waals surface area contributed by atoms with Crippen LogP contribution in [-0.4, -0.2) is 17.5 Å². The number of carbonyl (C=O) groups excluding carboxylic acids is 1. The highest BCUT2D eigenvalue weighted by atomic mass is 19.1. The number of hydrogen-bond acceptors (Lipinski definition) is 4. The van der Waals surface area contributed by atoms with Gasteiger partial charge in [0, 0.05) is 25.5 Å². The maximum atomic E-state index is 14.8. The molecule has 1 N–H and O–H groups in total. The summed E-state index contributed by atoms with van der Waals surface area (Å²) < 4.78 is 35.0. The Morgan fingerprint density at radius 1 is 1.10 bits per heavy atom. The molecule has 0 fully saturated rings. The van der Waals surface area contributed by atoms with E-state index >= 15 is 0 Å². The number of hydrogen-bond donors (Lipinski definition) is 1. The minimum atomic E-state index is -1.43. The zero-order chi connectivity index (χ0) is 21.5. The summed E-state index contributed by atoms with van der Waals surface area (Å²) >= 11 is 0. The van der Waals surface area contributed by atoms with Crippen LogP contribution in [0, 0.1) is 23.0 Å². The zero-order valence-electron chi connectivity index (χ0n) is 16.2. The molecule has 0 spiro atoms. The molecule has 3 aromatic rings. The Balaban J connectivity index is 1.82. The summed E-state index contributed by atoms with van der Waals surface area (Å²) in [5.41, 5.74) is 1.74. The summed E-state index contributed by atoms with van der Waals surface area (Å²) in [5, 5.41) is 11.5. The Morgan fingerprint density at radius 2 is 1.73 bits per heavy atom. The number of nitrogens with one attached hydrogen (secondary N) is 1. The molecule has 0 aliphatic rings. The summed E-state index contributed by atoms with van der Waals surface area (Å²) in [5.74, 6) is -2.39. The van der Waals surface area contributed by atoms with Crippen LogP contribution in [0.1, 0.15) is 29.7 Å². The number of carbonyl (C=O) groups is 1. The second-order valence-corrected chi connectivity index (χ2v) is 6.45. The van der Waals surface area contributed by atoms with E-state index in [9.17, 15) is 13.6 Å². The molecule has 0 aliphatic heterocycles. The molecule has 0 radical (unpaired) electrons. The standard InChI is InChI=1S/C23H19F2N3O2/c1-2-30-22(23(29)28-14-16-5-3-15(13-26)4-6-16)21-19(24)11-18(12-20(21)25)17-7-9-27-10-8-17/h3-12,22H,2,14H2,1H3,(H,28,29). The summed E-state index contributed by atoms with van der Waals surface area (Å²) in [6, 6.07) is 14.3. The van der Waals surface area contributed by atoms with Gasteiger partial charge in [0.25, 0.3) is 5.91 Å². The molecule has 0 aliphatic carbocycles. The Bertz CT molecular complexity index is 1040. The highest BCUT2D eigenvalue weighted by molar-refractivity contribution is 5.82. The van der Waals surface area contributed by atoms with E-state index < -0.39 is 29.2 Å². The van der Waals surface area contributed by atoms with Gasteiger partial charge in [-0.1, -0.05) is 12.1 Å². The number of benzene rings is 2. The van der Waals surface area contributed by atoms with E-state index in [2.05, 4.69) is 10.3 Å². The van der Waals surface area contributed by atoms with Gasteiger partial charge < -0.3 is 10.1 Å². The van der Waals surface area contributed by atoms with Crippen molar-refractivity contribution >= 4 is 5.91 Å². The van der Waals surface area contributed by atoms with E-state index in [4.69, 9.17) is 10.00 Å². The third-order valence-electron chi connectivity index (χ3n) is 4.48. The van der Waals surface area contributed by atoms with Crippen LogP contribution in [0.25, 0.3) is 11.1 Å². The number of rotatable bonds is 7. The molecule has 1 amide bonds. The number of amides is 1. The van der Waals surface area contributed by atoms with Crippen LogP contribution in [0.15, 0.2) is 60.9 Å². The topological polar surface area (TPSA) is 75.0 Å². The van der Waals surface area contributed by atoms with Crippen LogP contribution in [0.4, 0.5) is 8.78 Å². The minimum Gasteiger partial charge on any atom is -0.364 e. The Labute approximate surface area is 173 Å². The van der Waals surface area contributed by atoms with Gasteiger partial charge >= 0.3 is 0 Å². The fourth-order valence-electron chi connectivity index (χ4n) is 2.98. The van der Waals surface area contributed by atoms with E-state index in [1.54, 1.807) is 43.3 Å². The quantitative estimate of drug-likeness (QED) is 0.634. The number of halogens is 2. The molecule has 0 saturated carbocycles. The SMILES string of the molecule is CCOC(C(=O)NCc1ccc(C#N)cc1)c1c(F)cc(-c2ccncc2)cc1F. The van der Waals surface area contributed by atoms with E-state index in [1.807, 2.05) is 6.07 Å². The first-order valence-electron chi connectivity index (χ1n) is 9.31. The van der Waals surface area contributed by atoms with Gasteiger partial charge in [-0.05, 0) is 60.0 Å². The van der Waals surface area contributed by atoms with Gasteiger partial charge in [0.05, 0.1) is 17.2 Å². The van der Waals surface area contributed by atoms with Crippen molar-refractivity contribution in [1.29, 1.82) is 5.26 Å². The fourth-order valence-corrected chi connectivity index (χ4v) is 2.98. The molecule has 7 heteroatoms. The predicted octanol–water partition coefficient (Wildman–Crippen LogP) is 4.29. The molecular formula is C23H19F2N3O2. The lowest BCUT2D eigenvalue weighted by Crippen LogP contribution is -2.31. The second kappa shape index (κ2) is 9.72. The summed E-state index contributed by atoms with van der Waals surface area (Å²) in [6.45, 7) is 1.87.